The summed E-state index contributed by atoms with van der Waals surface area (Å²) >= 11 is 0. The molecule has 14 aromatic rings. The molecule has 0 atom stereocenters. The minimum atomic E-state index is -0.548. The van der Waals surface area contributed by atoms with E-state index >= 15 is 0 Å². The second-order valence-electron chi connectivity index (χ2n) is 20.1. The van der Waals surface area contributed by atoms with Crippen molar-refractivity contribution in [2.75, 3.05) is 0 Å². The Morgan fingerprint density at radius 1 is 0.253 bits per heavy atom. The van der Waals surface area contributed by atoms with Crippen molar-refractivity contribution in [1.29, 1.82) is 0 Å². The first-order chi connectivity index (χ1) is 37.2. The Hall–Kier alpha value is -9.76. The van der Waals surface area contributed by atoms with Gasteiger partial charge in [0.1, 0.15) is 0 Å². The highest BCUT2D eigenvalue weighted by Crippen LogP contribution is 2.56. The lowest BCUT2D eigenvalue weighted by Gasteiger charge is -2.34. The standard InChI is InChI=1S/C73H48N2/c1-3-19-57(20-4-1)73(58-21-5-2-6-22-58)67-45-51(29-27-49-33-41-71-65(43-49)63-23-11-13-25-69(63)74(71)59-37-35-53-15-7-9-17-55(53)47-59)31-39-61(67)62-40-32-52(46-68(62)73)30-28-50-34-42-72-66(44-50)64-24-12-14-26-70(64)75(72)60-38-36-54-16-8-10-18-56(54)48-60/h1-48H/b29-27+,30-28+. The molecule has 0 fully saturated rings. The Morgan fingerprint density at radius 3 is 1.07 bits per heavy atom. The number of para-hydroxylation sites is 2. The van der Waals surface area contributed by atoms with Crippen LogP contribution in [0.2, 0.25) is 0 Å². The van der Waals surface area contributed by atoms with Crippen LogP contribution in [-0.4, -0.2) is 9.13 Å². The lowest BCUT2D eigenvalue weighted by Crippen LogP contribution is -2.28. The molecule has 0 spiro atoms. The van der Waals surface area contributed by atoms with Crippen molar-refractivity contribution in [2.24, 2.45) is 0 Å². The van der Waals surface area contributed by atoms with Gasteiger partial charge in [0.05, 0.1) is 27.5 Å². The monoisotopic (exact) mass is 952 g/mol. The fourth-order valence-electron chi connectivity index (χ4n) is 12.5. The van der Waals surface area contributed by atoms with Gasteiger partial charge in [-0.05, 0) is 150 Å². The maximum atomic E-state index is 2.44. The van der Waals surface area contributed by atoms with Crippen molar-refractivity contribution >= 4 is 89.5 Å². The van der Waals surface area contributed by atoms with Crippen molar-refractivity contribution in [1.82, 2.24) is 9.13 Å². The molecule has 2 aromatic heterocycles. The molecule has 0 unspecified atom stereocenters. The van der Waals surface area contributed by atoms with Crippen LogP contribution in [0, 0.1) is 0 Å². The van der Waals surface area contributed by atoms with Crippen LogP contribution in [0.4, 0.5) is 0 Å². The van der Waals surface area contributed by atoms with Gasteiger partial charge in [-0.3, -0.25) is 0 Å². The lowest BCUT2D eigenvalue weighted by atomic mass is 9.67. The fourth-order valence-corrected chi connectivity index (χ4v) is 12.5. The maximum Gasteiger partial charge on any atom is 0.0713 e. The van der Waals surface area contributed by atoms with E-state index in [0.717, 1.165) is 22.3 Å². The zero-order chi connectivity index (χ0) is 49.5. The molecule has 1 aliphatic rings. The lowest BCUT2D eigenvalue weighted by molar-refractivity contribution is 0.768. The smallest absolute Gasteiger partial charge is 0.0713 e. The van der Waals surface area contributed by atoms with E-state index in [2.05, 4.69) is 300 Å². The molecule has 12 aromatic carbocycles. The minimum absolute atomic E-state index is 0.548. The zero-order valence-corrected chi connectivity index (χ0v) is 41.1. The number of hydrogen-bond donors (Lipinski definition) is 0. The topological polar surface area (TPSA) is 9.86 Å². The molecule has 2 heterocycles. The van der Waals surface area contributed by atoms with Crippen LogP contribution in [0.3, 0.4) is 0 Å². The van der Waals surface area contributed by atoms with Gasteiger partial charge in [0, 0.05) is 32.9 Å². The maximum absolute atomic E-state index is 2.44. The second-order valence-corrected chi connectivity index (χ2v) is 20.1. The van der Waals surface area contributed by atoms with Crippen LogP contribution in [-0.2, 0) is 5.41 Å². The Kier molecular flexibility index (Phi) is 9.83. The predicted molar refractivity (Wildman–Crippen MR) is 318 cm³/mol. The average molecular weight is 953 g/mol. The Bertz CT molecular complexity index is 4340. The molecule has 0 saturated carbocycles. The zero-order valence-electron chi connectivity index (χ0n) is 41.1. The van der Waals surface area contributed by atoms with Crippen LogP contribution < -0.4 is 0 Å². The molecule has 0 aliphatic heterocycles. The van der Waals surface area contributed by atoms with Crippen LogP contribution in [0.5, 0.6) is 0 Å². The molecule has 0 saturated heterocycles. The van der Waals surface area contributed by atoms with Gasteiger partial charge in [-0.2, -0.15) is 0 Å². The first kappa shape index (κ1) is 42.9. The van der Waals surface area contributed by atoms with Crippen molar-refractivity contribution < 1.29 is 0 Å². The van der Waals surface area contributed by atoms with Gasteiger partial charge in [-0.1, -0.05) is 218 Å². The summed E-state index contributed by atoms with van der Waals surface area (Å²) in [6.07, 6.45) is 9.13. The first-order valence-electron chi connectivity index (χ1n) is 26.0. The van der Waals surface area contributed by atoms with E-state index in [0.29, 0.717) is 0 Å². The molecule has 75 heavy (non-hydrogen) atoms. The number of fused-ring (bicyclic) bond motifs is 11. The second kappa shape index (κ2) is 17.2. The van der Waals surface area contributed by atoms with Gasteiger partial charge < -0.3 is 9.13 Å². The highest BCUT2D eigenvalue weighted by atomic mass is 15.0. The SMILES string of the molecule is C(=C\c1ccc2c(c1)c1ccccc1n2-c1ccc2ccccc2c1)/c1ccc2c(c1)C(c1ccccc1)(c1ccccc1)c1cc(/C=C/c3ccc4c(c3)c3ccccc3n4-c3ccc4ccccc4c3)ccc1-2. The molecule has 1 aliphatic carbocycles. The van der Waals surface area contributed by atoms with E-state index < -0.39 is 5.41 Å². The van der Waals surface area contributed by atoms with Crippen molar-refractivity contribution in [3.05, 3.63) is 311 Å². The van der Waals surface area contributed by atoms with Crippen LogP contribution in [0.1, 0.15) is 44.5 Å². The highest BCUT2D eigenvalue weighted by Gasteiger charge is 2.46. The van der Waals surface area contributed by atoms with E-state index in [1.807, 2.05) is 0 Å². The molecule has 2 nitrogen and oxygen atoms in total. The van der Waals surface area contributed by atoms with Gasteiger partial charge in [-0.15, -0.1) is 0 Å². The highest BCUT2D eigenvalue weighted by molar-refractivity contribution is 6.11. The molecule has 0 amide bonds. The summed E-state index contributed by atoms with van der Waals surface area (Å²) in [6, 6.07) is 98.5. The number of benzene rings is 12. The molecule has 350 valence electrons. The molecule has 0 radical (unpaired) electrons. The Morgan fingerprint density at radius 2 is 0.613 bits per heavy atom. The third-order valence-electron chi connectivity index (χ3n) is 15.9. The first-order valence-corrected chi connectivity index (χ1v) is 26.0. The predicted octanol–water partition coefficient (Wildman–Crippen LogP) is 18.9. The summed E-state index contributed by atoms with van der Waals surface area (Å²) in [5.74, 6) is 0. The Labute approximate surface area is 435 Å². The average Bonchev–Trinajstić information content (AvgIpc) is 4.21. The van der Waals surface area contributed by atoms with Crippen molar-refractivity contribution in [2.45, 2.75) is 5.41 Å². The quantitative estimate of drug-likeness (QED) is 0.134. The summed E-state index contributed by atoms with van der Waals surface area (Å²) in [5, 5.41) is 9.95. The van der Waals surface area contributed by atoms with Crippen LogP contribution in [0.15, 0.2) is 267 Å². The summed E-state index contributed by atoms with van der Waals surface area (Å²) in [4.78, 5) is 0. The summed E-state index contributed by atoms with van der Waals surface area (Å²) in [6.45, 7) is 0. The van der Waals surface area contributed by atoms with Gasteiger partial charge in [0.25, 0.3) is 0 Å². The summed E-state index contributed by atoms with van der Waals surface area (Å²) < 4.78 is 4.81. The Balaban J connectivity index is 0.814. The van der Waals surface area contributed by atoms with E-state index in [1.54, 1.807) is 0 Å². The van der Waals surface area contributed by atoms with Crippen LogP contribution in [0.25, 0.3) is 112 Å². The summed E-state index contributed by atoms with van der Waals surface area (Å²) in [5.41, 5.74) is 18.9. The minimum Gasteiger partial charge on any atom is -0.309 e. The molecule has 0 bridgehead atoms. The molecule has 2 heteroatoms. The van der Waals surface area contributed by atoms with Crippen molar-refractivity contribution in [3.8, 4) is 22.5 Å². The van der Waals surface area contributed by atoms with Crippen molar-refractivity contribution in [3.63, 3.8) is 0 Å². The van der Waals surface area contributed by atoms with Crippen LogP contribution >= 0.6 is 0 Å². The number of rotatable bonds is 8. The van der Waals surface area contributed by atoms with Gasteiger partial charge in [-0.25, -0.2) is 0 Å². The third-order valence-corrected chi connectivity index (χ3v) is 15.9. The number of hydrogen-bond acceptors (Lipinski definition) is 0. The van der Waals surface area contributed by atoms with E-state index in [1.165, 1.54) is 110 Å². The fraction of sp³-hybridized carbons (Fsp3) is 0.0137. The van der Waals surface area contributed by atoms with Gasteiger partial charge >= 0.3 is 0 Å². The van der Waals surface area contributed by atoms with E-state index in [4.69, 9.17) is 0 Å². The van der Waals surface area contributed by atoms with E-state index in [9.17, 15) is 0 Å². The molecular weight excluding hydrogens is 905 g/mol. The summed E-state index contributed by atoms with van der Waals surface area (Å²) in [7, 11) is 0. The van der Waals surface area contributed by atoms with Gasteiger partial charge in [0.15, 0.2) is 0 Å². The molecule has 15 rings (SSSR count). The number of aromatic nitrogens is 2. The number of nitrogens with zero attached hydrogens (tertiary/aromatic N) is 2. The van der Waals surface area contributed by atoms with E-state index in [-0.39, 0.29) is 0 Å². The van der Waals surface area contributed by atoms with Gasteiger partial charge in [0.2, 0.25) is 0 Å². The molecule has 0 N–H and O–H groups in total. The third kappa shape index (κ3) is 6.88. The normalized spacial score (nSPS) is 13.1. The molecular formula is C73H48N2. The largest absolute Gasteiger partial charge is 0.309 e.